The Morgan fingerprint density at radius 3 is 2.58 bits per heavy atom. The second kappa shape index (κ2) is 6.14. The van der Waals surface area contributed by atoms with Gasteiger partial charge < -0.3 is 9.64 Å². The Bertz CT molecular complexity index is 926. The number of ether oxygens (including phenoxy) is 1. The summed E-state index contributed by atoms with van der Waals surface area (Å²) in [5.41, 5.74) is 1.63. The molecular formula is C19H15ClN2O4. The zero-order valence-electron chi connectivity index (χ0n) is 13.9. The number of fused-ring (bicyclic) bond motifs is 3. The van der Waals surface area contributed by atoms with Gasteiger partial charge in [0.15, 0.2) is 5.78 Å². The second-order valence-electron chi connectivity index (χ2n) is 6.23. The predicted octanol–water partition coefficient (Wildman–Crippen LogP) is 3.16. The number of methoxy groups -OCH3 is 1. The third kappa shape index (κ3) is 2.54. The van der Waals surface area contributed by atoms with Gasteiger partial charge in [0.05, 0.1) is 26.2 Å². The predicted molar refractivity (Wildman–Crippen MR) is 94.7 cm³/mol. The Balaban J connectivity index is 1.66. The Labute approximate surface area is 154 Å². The molecule has 6 nitrogen and oxygen atoms in total. The average molecular weight is 371 g/mol. The Morgan fingerprint density at radius 1 is 1.15 bits per heavy atom. The van der Waals surface area contributed by atoms with Gasteiger partial charge in [0.1, 0.15) is 5.75 Å². The summed E-state index contributed by atoms with van der Waals surface area (Å²) in [6.45, 7) is 0.148. The summed E-state index contributed by atoms with van der Waals surface area (Å²) in [5.74, 6) is 0.0731. The van der Waals surface area contributed by atoms with Gasteiger partial charge in [-0.05, 0) is 48.0 Å². The lowest BCUT2D eigenvalue weighted by Gasteiger charge is -2.29. The van der Waals surface area contributed by atoms with Crippen molar-refractivity contribution >= 4 is 29.3 Å². The molecule has 2 aromatic rings. The first-order chi connectivity index (χ1) is 12.5. The molecule has 0 N–H and O–H groups in total. The molecule has 1 saturated heterocycles. The van der Waals surface area contributed by atoms with E-state index >= 15 is 0 Å². The maximum atomic E-state index is 12.8. The summed E-state index contributed by atoms with van der Waals surface area (Å²) < 4.78 is 5.08. The molecule has 0 radical (unpaired) electrons. The third-order valence-electron chi connectivity index (χ3n) is 4.78. The molecule has 4 rings (SSSR count). The summed E-state index contributed by atoms with van der Waals surface area (Å²) in [6, 6.07) is 10.8. The summed E-state index contributed by atoms with van der Waals surface area (Å²) in [6.07, 6.45) is 0. The Hall–Kier alpha value is -2.86. The fourth-order valence-corrected chi connectivity index (χ4v) is 3.62. The Kier molecular flexibility index (Phi) is 3.92. The van der Waals surface area contributed by atoms with E-state index in [4.69, 9.17) is 16.3 Å². The van der Waals surface area contributed by atoms with E-state index in [1.807, 2.05) is 0 Å². The van der Waals surface area contributed by atoms with Crippen LogP contribution in [0, 0.1) is 0 Å². The summed E-state index contributed by atoms with van der Waals surface area (Å²) in [5, 5.41) is 0.491. The van der Waals surface area contributed by atoms with E-state index in [-0.39, 0.29) is 24.9 Å². The van der Waals surface area contributed by atoms with E-state index in [0.29, 0.717) is 27.5 Å². The van der Waals surface area contributed by atoms with Gasteiger partial charge in [-0.25, -0.2) is 4.79 Å². The van der Waals surface area contributed by atoms with Crippen molar-refractivity contribution in [2.24, 2.45) is 0 Å². The monoisotopic (exact) mass is 370 g/mol. The maximum absolute atomic E-state index is 12.8. The number of Topliss-reactive ketones (excluding diaryl/α,β-unsaturated/α-hetero) is 1. The van der Waals surface area contributed by atoms with Crippen molar-refractivity contribution in [3.63, 3.8) is 0 Å². The number of halogens is 1. The van der Waals surface area contributed by atoms with Crippen LogP contribution in [0.1, 0.15) is 32.3 Å². The largest absolute Gasteiger partial charge is 0.497 e. The van der Waals surface area contributed by atoms with Crippen LogP contribution in [0.15, 0.2) is 42.5 Å². The lowest BCUT2D eigenvalue weighted by molar-refractivity contribution is 0.0815. The van der Waals surface area contributed by atoms with Gasteiger partial charge >= 0.3 is 6.03 Å². The number of ketones is 1. The third-order valence-corrected chi connectivity index (χ3v) is 5.01. The lowest BCUT2D eigenvalue weighted by atomic mass is 9.93. The van der Waals surface area contributed by atoms with Crippen LogP contribution >= 0.6 is 11.6 Å². The molecule has 1 fully saturated rings. The standard InChI is InChI=1S/C19H15ClN2O4/c1-26-13-5-2-11(3-6-13)18(24)22-9-16-15-8-12(20)4-7-14(15)17(23)10-21(16)19(22)25/h2-8,16H,9-10H2,1H3. The SMILES string of the molecule is COc1ccc(C(=O)N2CC3c4cc(Cl)ccc4C(=O)CN3C2=O)cc1. The first kappa shape index (κ1) is 16.6. The number of hydrogen-bond acceptors (Lipinski definition) is 4. The highest BCUT2D eigenvalue weighted by molar-refractivity contribution is 6.30. The molecule has 1 atom stereocenters. The number of hydrogen-bond donors (Lipinski definition) is 0. The number of carbonyl (C=O) groups is 3. The number of carbonyl (C=O) groups excluding carboxylic acids is 3. The molecule has 7 heteroatoms. The molecule has 0 saturated carbocycles. The molecule has 2 heterocycles. The summed E-state index contributed by atoms with van der Waals surface area (Å²) in [7, 11) is 1.54. The van der Waals surface area contributed by atoms with Gasteiger partial charge in [-0.3, -0.25) is 14.5 Å². The molecule has 0 bridgehead atoms. The smallest absolute Gasteiger partial charge is 0.328 e. The molecule has 1 unspecified atom stereocenters. The van der Waals surface area contributed by atoms with Crippen molar-refractivity contribution in [1.82, 2.24) is 9.80 Å². The fourth-order valence-electron chi connectivity index (χ4n) is 3.44. The van der Waals surface area contributed by atoms with Gasteiger partial charge in [0.25, 0.3) is 5.91 Å². The van der Waals surface area contributed by atoms with Gasteiger partial charge in [-0.15, -0.1) is 0 Å². The normalized spacial score (nSPS) is 18.6. The highest BCUT2D eigenvalue weighted by Gasteiger charge is 2.46. The highest BCUT2D eigenvalue weighted by atomic mass is 35.5. The van der Waals surface area contributed by atoms with Crippen LogP contribution in [0.25, 0.3) is 0 Å². The van der Waals surface area contributed by atoms with Gasteiger partial charge in [0, 0.05) is 16.1 Å². The van der Waals surface area contributed by atoms with Gasteiger partial charge in [0.2, 0.25) is 0 Å². The molecule has 0 aliphatic carbocycles. The zero-order chi connectivity index (χ0) is 18.4. The quantitative estimate of drug-likeness (QED) is 0.814. The van der Waals surface area contributed by atoms with Crippen molar-refractivity contribution in [3.8, 4) is 5.75 Å². The van der Waals surface area contributed by atoms with Crippen LogP contribution in [0.5, 0.6) is 5.75 Å². The first-order valence-corrected chi connectivity index (χ1v) is 8.46. The topological polar surface area (TPSA) is 66.9 Å². The van der Waals surface area contributed by atoms with Crippen molar-refractivity contribution in [2.75, 3.05) is 20.2 Å². The van der Waals surface area contributed by atoms with Crippen LogP contribution in [0.2, 0.25) is 5.02 Å². The average Bonchev–Trinajstić information content (AvgIpc) is 2.98. The van der Waals surface area contributed by atoms with E-state index < -0.39 is 11.9 Å². The molecule has 26 heavy (non-hydrogen) atoms. The number of rotatable bonds is 2. The van der Waals surface area contributed by atoms with Crippen LogP contribution in [0.3, 0.4) is 0 Å². The minimum absolute atomic E-state index is 0.0372. The van der Waals surface area contributed by atoms with Crippen LogP contribution < -0.4 is 4.74 Å². The number of nitrogens with zero attached hydrogens (tertiary/aromatic N) is 2. The number of urea groups is 1. The first-order valence-electron chi connectivity index (χ1n) is 8.09. The highest BCUT2D eigenvalue weighted by Crippen LogP contribution is 2.37. The van der Waals surface area contributed by atoms with E-state index in [1.54, 1.807) is 49.6 Å². The summed E-state index contributed by atoms with van der Waals surface area (Å²) >= 11 is 6.07. The maximum Gasteiger partial charge on any atom is 0.328 e. The van der Waals surface area contributed by atoms with Gasteiger partial charge in [-0.2, -0.15) is 0 Å². The van der Waals surface area contributed by atoms with Crippen LogP contribution in [0.4, 0.5) is 4.79 Å². The molecular weight excluding hydrogens is 356 g/mol. The van der Waals surface area contributed by atoms with Crippen LogP contribution in [-0.4, -0.2) is 47.7 Å². The molecule has 0 aromatic heterocycles. The summed E-state index contributed by atoms with van der Waals surface area (Å²) in [4.78, 5) is 40.5. The zero-order valence-corrected chi connectivity index (χ0v) is 14.7. The van der Waals surface area contributed by atoms with E-state index in [2.05, 4.69) is 0 Å². The van der Waals surface area contributed by atoms with E-state index in [1.165, 1.54) is 9.80 Å². The van der Waals surface area contributed by atoms with Crippen molar-refractivity contribution in [2.45, 2.75) is 6.04 Å². The fraction of sp³-hybridized carbons (Fsp3) is 0.211. The molecule has 132 valence electrons. The van der Waals surface area contributed by atoms with E-state index in [0.717, 1.165) is 0 Å². The molecule has 2 aliphatic heterocycles. The second-order valence-corrected chi connectivity index (χ2v) is 6.66. The minimum Gasteiger partial charge on any atom is -0.497 e. The van der Waals surface area contributed by atoms with Crippen molar-refractivity contribution in [3.05, 3.63) is 64.2 Å². The molecule has 3 amide bonds. The van der Waals surface area contributed by atoms with E-state index in [9.17, 15) is 14.4 Å². The minimum atomic E-state index is -0.463. The number of amides is 3. The van der Waals surface area contributed by atoms with Crippen LogP contribution in [-0.2, 0) is 0 Å². The lowest BCUT2D eigenvalue weighted by Crippen LogP contribution is -2.40. The molecule has 0 spiro atoms. The number of benzene rings is 2. The van der Waals surface area contributed by atoms with Crippen molar-refractivity contribution < 1.29 is 19.1 Å². The van der Waals surface area contributed by atoms with Crippen molar-refractivity contribution in [1.29, 1.82) is 0 Å². The molecule has 2 aliphatic rings. The molecule has 2 aromatic carbocycles. The van der Waals surface area contributed by atoms with Gasteiger partial charge in [-0.1, -0.05) is 11.6 Å². The number of imide groups is 1. The Morgan fingerprint density at radius 2 is 1.88 bits per heavy atom.